The molecule has 78 valence electrons. The van der Waals surface area contributed by atoms with E-state index in [1.165, 1.54) is 12.3 Å². The van der Waals surface area contributed by atoms with E-state index in [4.69, 9.17) is 5.11 Å². The Morgan fingerprint density at radius 3 is 2.73 bits per heavy atom. The van der Waals surface area contributed by atoms with E-state index in [9.17, 15) is 4.79 Å². The molecule has 0 spiro atoms. The van der Waals surface area contributed by atoms with Gasteiger partial charge in [0.25, 0.3) is 0 Å². The van der Waals surface area contributed by atoms with Gasteiger partial charge in [-0.25, -0.2) is 4.79 Å². The van der Waals surface area contributed by atoms with Crippen molar-refractivity contribution in [1.29, 1.82) is 0 Å². The van der Waals surface area contributed by atoms with Crippen molar-refractivity contribution >= 4 is 5.97 Å². The molecule has 0 aliphatic heterocycles. The van der Waals surface area contributed by atoms with Crippen LogP contribution in [-0.2, 0) is 0 Å². The van der Waals surface area contributed by atoms with Gasteiger partial charge >= 0.3 is 5.97 Å². The molecule has 0 radical (unpaired) electrons. The maximum Gasteiger partial charge on any atom is 0.374 e. The van der Waals surface area contributed by atoms with E-state index in [1.54, 1.807) is 12.1 Å². The molecule has 0 saturated heterocycles. The van der Waals surface area contributed by atoms with Crippen LogP contribution in [0.3, 0.4) is 0 Å². The highest BCUT2D eigenvalue weighted by Gasteiger charge is 2.12. The van der Waals surface area contributed by atoms with E-state index in [-0.39, 0.29) is 13.2 Å². The number of nitrogens with zero attached hydrogens (tertiary/aromatic N) is 3. The maximum absolute atomic E-state index is 10.5. The first-order chi connectivity index (χ1) is 6.77. The minimum absolute atomic E-state index is 0. The molecular weight excluding hydrogens is 198 g/mol. The van der Waals surface area contributed by atoms with Crippen molar-refractivity contribution in [3.63, 3.8) is 0 Å². The van der Waals surface area contributed by atoms with E-state index < -0.39 is 5.97 Å². The smallest absolute Gasteiger partial charge is 0.374 e. The van der Waals surface area contributed by atoms with Crippen molar-refractivity contribution in [2.75, 3.05) is 0 Å². The van der Waals surface area contributed by atoms with Gasteiger partial charge in [-0.05, 0) is 12.1 Å². The molecule has 0 saturated carbocycles. The summed E-state index contributed by atoms with van der Waals surface area (Å²) in [5.41, 5.74) is 0.833. The van der Waals surface area contributed by atoms with Crippen LogP contribution in [0.25, 0.3) is 11.4 Å². The third-order valence-electron chi connectivity index (χ3n) is 1.56. The fourth-order valence-corrected chi connectivity index (χ4v) is 0.935. The van der Waals surface area contributed by atoms with Gasteiger partial charge in [-0.3, -0.25) is 0 Å². The van der Waals surface area contributed by atoms with Gasteiger partial charge in [0, 0.05) is 12.3 Å². The molecule has 15 heavy (non-hydrogen) atoms. The number of aromatic nitrogens is 3. The third kappa shape index (κ3) is 2.16. The fraction of sp³-hybridized carbons (Fsp3) is 0.111. The average molecular weight is 207 g/mol. The molecule has 6 heteroatoms. The summed E-state index contributed by atoms with van der Waals surface area (Å²) in [5, 5.41) is 19.5. The molecule has 0 fully saturated rings. The summed E-state index contributed by atoms with van der Waals surface area (Å²) in [6.07, 6.45) is 1.52. The van der Waals surface area contributed by atoms with Gasteiger partial charge in [0.15, 0.2) is 0 Å². The number of hydrogen-bond donors (Lipinski definition) is 1. The number of aromatic carboxylic acids is 1. The van der Waals surface area contributed by atoms with E-state index in [0.29, 0.717) is 11.4 Å². The third-order valence-corrected chi connectivity index (χ3v) is 1.56. The Morgan fingerprint density at radius 1 is 1.40 bits per heavy atom. The van der Waals surface area contributed by atoms with Crippen molar-refractivity contribution in [3.05, 3.63) is 30.2 Å². The van der Waals surface area contributed by atoms with Crippen LogP contribution < -0.4 is 0 Å². The van der Waals surface area contributed by atoms with Crippen LogP contribution in [0.2, 0.25) is 0 Å². The molecule has 0 amide bonds. The molecule has 2 aromatic heterocycles. The Hall–Kier alpha value is -2.24. The molecular formula is C9H9N3O3. The summed E-state index contributed by atoms with van der Waals surface area (Å²) in [4.78, 5) is 10.5. The zero-order chi connectivity index (χ0) is 9.97. The Morgan fingerprint density at radius 2 is 2.20 bits per heavy atom. The number of carboxylic acids is 1. The predicted octanol–water partition coefficient (Wildman–Crippen LogP) is 1.47. The summed E-state index contributed by atoms with van der Waals surface area (Å²) >= 11 is 0. The van der Waals surface area contributed by atoms with E-state index in [0.717, 1.165) is 0 Å². The van der Waals surface area contributed by atoms with Gasteiger partial charge in [0.05, 0.1) is 0 Å². The fourth-order valence-electron chi connectivity index (χ4n) is 0.935. The number of carbonyl (C=O) groups is 1. The van der Waals surface area contributed by atoms with Crippen molar-refractivity contribution in [2.45, 2.75) is 7.43 Å². The second-order valence-corrected chi connectivity index (χ2v) is 2.49. The normalized spacial score (nSPS) is 9.33. The lowest BCUT2D eigenvalue weighted by molar-refractivity contribution is 0.0652. The highest BCUT2D eigenvalue weighted by Crippen LogP contribution is 2.15. The maximum atomic E-state index is 10.5. The van der Waals surface area contributed by atoms with Crippen molar-refractivity contribution in [2.24, 2.45) is 0 Å². The molecule has 2 aromatic rings. The molecule has 0 unspecified atom stereocenters. The van der Waals surface area contributed by atoms with Gasteiger partial charge in [-0.15, -0.1) is 5.10 Å². The molecule has 1 N–H and O–H groups in total. The van der Waals surface area contributed by atoms with Gasteiger partial charge in [-0.1, -0.05) is 12.6 Å². The first-order valence-corrected chi connectivity index (χ1v) is 3.75. The largest absolute Gasteiger partial charge is 0.475 e. The Balaban J connectivity index is 0.00000112. The zero-order valence-electron chi connectivity index (χ0n) is 6.91. The van der Waals surface area contributed by atoms with Gasteiger partial charge in [-0.2, -0.15) is 5.10 Å². The van der Waals surface area contributed by atoms with Crippen LogP contribution in [0.5, 0.6) is 0 Å². The minimum atomic E-state index is -1.16. The van der Waals surface area contributed by atoms with Crippen LogP contribution in [0, 0.1) is 0 Å². The van der Waals surface area contributed by atoms with Gasteiger partial charge in [0.1, 0.15) is 11.4 Å². The molecule has 2 heterocycles. The lowest BCUT2D eigenvalue weighted by atomic mass is 10.3. The van der Waals surface area contributed by atoms with Crippen LogP contribution in [0.4, 0.5) is 0 Å². The second kappa shape index (κ2) is 4.32. The van der Waals surface area contributed by atoms with Crippen molar-refractivity contribution in [1.82, 2.24) is 15.4 Å². The molecule has 6 nitrogen and oxygen atoms in total. The molecule has 0 bridgehead atoms. The van der Waals surface area contributed by atoms with Crippen LogP contribution >= 0.6 is 0 Å². The molecule has 0 aromatic carbocycles. The standard InChI is InChI=1S/C8H5N3O3.CH4/c12-8(13)7-4-6(11-14-7)5-2-1-3-9-10-5;/h1-4H,(H,12,13);1H4. The minimum Gasteiger partial charge on any atom is -0.475 e. The molecule has 0 aliphatic carbocycles. The number of carboxylic acid groups (broad SMARTS) is 1. The van der Waals surface area contributed by atoms with Crippen molar-refractivity contribution in [3.8, 4) is 11.4 Å². The first kappa shape index (κ1) is 10.8. The van der Waals surface area contributed by atoms with E-state index >= 15 is 0 Å². The molecule has 0 aliphatic rings. The Kier molecular flexibility index (Phi) is 3.12. The summed E-state index contributed by atoms with van der Waals surface area (Å²) in [6.45, 7) is 0. The summed E-state index contributed by atoms with van der Waals surface area (Å²) in [7, 11) is 0. The average Bonchev–Trinajstić information content (AvgIpc) is 2.68. The summed E-state index contributed by atoms with van der Waals surface area (Å²) < 4.78 is 4.56. The van der Waals surface area contributed by atoms with Crippen LogP contribution in [0.1, 0.15) is 18.0 Å². The van der Waals surface area contributed by atoms with E-state index in [2.05, 4.69) is 19.9 Å². The SMILES string of the molecule is C.O=C(O)c1cc(-c2cccnn2)no1. The first-order valence-electron chi connectivity index (χ1n) is 3.75. The topological polar surface area (TPSA) is 89.1 Å². The van der Waals surface area contributed by atoms with Crippen LogP contribution in [-0.4, -0.2) is 26.4 Å². The highest BCUT2D eigenvalue weighted by molar-refractivity contribution is 5.85. The molecule has 2 rings (SSSR count). The van der Waals surface area contributed by atoms with Crippen LogP contribution in [0.15, 0.2) is 28.9 Å². The summed E-state index contributed by atoms with van der Waals surface area (Å²) in [5.74, 6) is -1.38. The van der Waals surface area contributed by atoms with Gasteiger partial charge in [0.2, 0.25) is 5.76 Å². The Bertz CT molecular complexity index is 453. The Labute approximate surface area is 85.6 Å². The lowest BCUT2D eigenvalue weighted by Crippen LogP contribution is -1.91. The lowest BCUT2D eigenvalue weighted by Gasteiger charge is -1.88. The number of hydrogen-bond acceptors (Lipinski definition) is 5. The van der Waals surface area contributed by atoms with Crippen molar-refractivity contribution < 1.29 is 14.4 Å². The predicted molar refractivity (Wildman–Crippen MR) is 51.2 cm³/mol. The number of rotatable bonds is 2. The monoisotopic (exact) mass is 207 g/mol. The second-order valence-electron chi connectivity index (χ2n) is 2.49. The van der Waals surface area contributed by atoms with Gasteiger partial charge < -0.3 is 9.63 Å². The highest BCUT2D eigenvalue weighted by atomic mass is 16.5. The summed E-state index contributed by atoms with van der Waals surface area (Å²) in [6, 6.07) is 4.64. The van der Waals surface area contributed by atoms with E-state index in [1.807, 2.05) is 0 Å². The molecule has 0 atom stereocenters. The zero-order valence-corrected chi connectivity index (χ0v) is 6.91. The quantitative estimate of drug-likeness (QED) is 0.801.